The van der Waals surface area contributed by atoms with E-state index in [1.54, 1.807) is 0 Å². The van der Waals surface area contributed by atoms with E-state index in [0.717, 1.165) is 13.1 Å². The van der Waals surface area contributed by atoms with Crippen molar-refractivity contribution in [1.29, 1.82) is 5.26 Å². The lowest BCUT2D eigenvalue weighted by molar-refractivity contribution is -0.274. The van der Waals surface area contributed by atoms with Crippen LogP contribution in [-0.2, 0) is 0 Å². The Morgan fingerprint density at radius 2 is 1.92 bits per heavy atom. The summed E-state index contributed by atoms with van der Waals surface area (Å²) >= 11 is 0. The molecule has 1 heterocycles. The van der Waals surface area contributed by atoms with Gasteiger partial charge in [0.15, 0.2) is 0 Å². The van der Waals surface area contributed by atoms with Crippen LogP contribution in [0.3, 0.4) is 0 Å². The van der Waals surface area contributed by atoms with Gasteiger partial charge in [0.25, 0.3) is 0 Å². The van der Waals surface area contributed by atoms with Gasteiger partial charge in [-0.05, 0) is 18.2 Å². The first-order valence-electron chi connectivity index (χ1n) is 7.20. The molecular formula is C15H20Cl2F3N3O2. The first-order valence-corrected chi connectivity index (χ1v) is 7.20. The number of nitrogens with one attached hydrogen (secondary N) is 1. The van der Waals surface area contributed by atoms with Gasteiger partial charge >= 0.3 is 6.36 Å². The van der Waals surface area contributed by atoms with E-state index in [2.05, 4.69) is 21.0 Å². The molecule has 0 bridgehead atoms. The number of alkyl halides is 3. The van der Waals surface area contributed by atoms with Gasteiger partial charge in [0.05, 0.1) is 25.6 Å². The third kappa shape index (κ3) is 6.78. The third-order valence-electron chi connectivity index (χ3n) is 3.67. The van der Waals surface area contributed by atoms with Crippen LogP contribution in [0, 0.1) is 11.3 Å². The first kappa shape index (κ1) is 23.6. The van der Waals surface area contributed by atoms with E-state index in [1.165, 1.54) is 25.3 Å². The van der Waals surface area contributed by atoms with Gasteiger partial charge in [-0.3, -0.25) is 4.90 Å². The smallest absolute Gasteiger partial charge is 0.496 e. The van der Waals surface area contributed by atoms with Gasteiger partial charge in [-0.2, -0.15) is 5.26 Å². The number of piperazine rings is 1. The van der Waals surface area contributed by atoms with Crippen LogP contribution in [0.15, 0.2) is 18.2 Å². The molecule has 1 aliphatic heterocycles. The fourth-order valence-corrected chi connectivity index (χ4v) is 2.69. The number of benzene rings is 1. The van der Waals surface area contributed by atoms with Crippen molar-refractivity contribution in [2.24, 2.45) is 0 Å². The molecule has 1 aromatic carbocycles. The molecule has 25 heavy (non-hydrogen) atoms. The Hall–Kier alpha value is -1.40. The summed E-state index contributed by atoms with van der Waals surface area (Å²) in [6.45, 7) is 2.95. The average Bonchev–Trinajstić information content (AvgIpc) is 2.52. The van der Waals surface area contributed by atoms with Gasteiger partial charge in [-0.25, -0.2) is 0 Å². The lowest BCUT2D eigenvalue weighted by Gasteiger charge is -2.34. The molecule has 0 saturated carbocycles. The number of nitriles is 1. The van der Waals surface area contributed by atoms with E-state index in [0.29, 0.717) is 24.4 Å². The molecule has 0 spiro atoms. The lowest BCUT2D eigenvalue weighted by atomic mass is 10.00. The Morgan fingerprint density at radius 1 is 1.28 bits per heavy atom. The maximum atomic E-state index is 12.4. The molecule has 1 atom stereocenters. The number of ether oxygens (including phenoxy) is 2. The molecule has 1 saturated heterocycles. The fraction of sp³-hybridized carbons (Fsp3) is 0.533. The summed E-state index contributed by atoms with van der Waals surface area (Å²) in [6, 6.07) is 5.70. The molecule has 1 N–H and O–H groups in total. The van der Waals surface area contributed by atoms with Gasteiger partial charge < -0.3 is 14.8 Å². The Morgan fingerprint density at radius 3 is 2.44 bits per heavy atom. The Labute approximate surface area is 156 Å². The molecule has 5 nitrogen and oxygen atoms in total. The molecule has 0 unspecified atom stereocenters. The highest BCUT2D eigenvalue weighted by Crippen LogP contribution is 2.36. The molecule has 10 heteroatoms. The Balaban J connectivity index is 0.00000288. The van der Waals surface area contributed by atoms with Crippen LogP contribution in [0.4, 0.5) is 13.2 Å². The maximum absolute atomic E-state index is 12.4. The van der Waals surface area contributed by atoms with Crippen molar-refractivity contribution in [3.63, 3.8) is 0 Å². The molecule has 0 aromatic heterocycles. The molecule has 142 valence electrons. The summed E-state index contributed by atoms with van der Waals surface area (Å²) in [4.78, 5) is 2.06. The van der Waals surface area contributed by atoms with Gasteiger partial charge in [-0.1, -0.05) is 0 Å². The Kier molecular flexibility index (Phi) is 9.97. The molecular weight excluding hydrogens is 382 g/mol. The summed E-state index contributed by atoms with van der Waals surface area (Å²) in [5, 5.41) is 12.3. The second kappa shape index (κ2) is 10.6. The van der Waals surface area contributed by atoms with Crippen LogP contribution < -0.4 is 14.8 Å². The zero-order valence-electron chi connectivity index (χ0n) is 13.5. The number of rotatable bonds is 5. The van der Waals surface area contributed by atoms with Crippen LogP contribution in [0.2, 0.25) is 0 Å². The van der Waals surface area contributed by atoms with Gasteiger partial charge in [0.2, 0.25) is 0 Å². The highest BCUT2D eigenvalue weighted by molar-refractivity contribution is 5.85. The van der Waals surface area contributed by atoms with Gasteiger partial charge in [-0.15, -0.1) is 38.0 Å². The summed E-state index contributed by atoms with van der Waals surface area (Å²) in [5.41, 5.74) is 0.526. The average molecular weight is 402 g/mol. The predicted octanol–water partition coefficient (Wildman–Crippen LogP) is 3.30. The lowest BCUT2D eigenvalue weighted by Crippen LogP contribution is -2.45. The summed E-state index contributed by atoms with van der Waals surface area (Å²) in [7, 11) is 1.45. The fourth-order valence-electron chi connectivity index (χ4n) is 2.69. The van der Waals surface area contributed by atoms with E-state index in [1.807, 2.05) is 0 Å². The van der Waals surface area contributed by atoms with E-state index in [4.69, 9.17) is 10.00 Å². The van der Waals surface area contributed by atoms with Crippen molar-refractivity contribution in [2.45, 2.75) is 18.8 Å². The highest BCUT2D eigenvalue weighted by Gasteiger charge is 2.32. The van der Waals surface area contributed by atoms with Crippen LogP contribution in [0.5, 0.6) is 11.5 Å². The van der Waals surface area contributed by atoms with Crippen LogP contribution in [-0.4, -0.2) is 44.6 Å². The van der Waals surface area contributed by atoms with Crippen LogP contribution >= 0.6 is 24.8 Å². The van der Waals surface area contributed by atoms with Crippen molar-refractivity contribution in [1.82, 2.24) is 10.2 Å². The largest absolute Gasteiger partial charge is 0.573 e. The molecule has 1 aliphatic rings. The quantitative estimate of drug-likeness (QED) is 0.819. The molecule has 2 rings (SSSR count). The van der Waals surface area contributed by atoms with Gasteiger partial charge in [0, 0.05) is 31.7 Å². The van der Waals surface area contributed by atoms with E-state index < -0.39 is 6.36 Å². The van der Waals surface area contributed by atoms with Crippen molar-refractivity contribution in [2.75, 3.05) is 33.3 Å². The molecule has 1 fully saturated rings. The second-order valence-electron chi connectivity index (χ2n) is 5.12. The maximum Gasteiger partial charge on any atom is 0.573 e. The van der Waals surface area contributed by atoms with Crippen LogP contribution in [0.1, 0.15) is 18.0 Å². The van der Waals surface area contributed by atoms with Crippen molar-refractivity contribution < 1.29 is 22.6 Å². The zero-order valence-corrected chi connectivity index (χ0v) is 15.1. The minimum atomic E-state index is -4.76. The van der Waals surface area contributed by atoms with Gasteiger partial charge in [0.1, 0.15) is 11.5 Å². The van der Waals surface area contributed by atoms with E-state index in [-0.39, 0.29) is 43.0 Å². The molecule has 0 amide bonds. The van der Waals surface area contributed by atoms with Crippen LogP contribution in [0.25, 0.3) is 0 Å². The monoisotopic (exact) mass is 401 g/mol. The molecule has 0 radical (unpaired) electrons. The summed E-state index contributed by atoms with van der Waals surface area (Å²) in [5.74, 6) is 0.129. The third-order valence-corrected chi connectivity index (χ3v) is 3.67. The molecule has 1 aromatic rings. The molecule has 0 aliphatic carbocycles. The second-order valence-corrected chi connectivity index (χ2v) is 5.12. The van der Waals surface area contributed by atoms with E-state index >= 15 is 0 Å². The van der Waals surface area contributed by atoms with Crippen molar-refractivity contribution in [3.8, 4) is 17.6 Å². The SMILES string of the molecule is COc1ccc(OC(F)(F)F)cc1[C@H](CC#N)N1CCNCC1.Cl.Cl. The number of methoxy groups -OCH3 is 1. The van der Waals surface area contributed by atoms with Crippen molar-refractivity contribution >= 4 is 24.8 Å². The number of halogens is 5. The summed E-state index contributed by atoms with van der Waals surface area (Å²) in [6.07, 6.45) is -4.60. The standard InChI is InChI=1S/C15H18F3N3O2.2ClH/c1-22-14-3-2-11(23-15(16,17)18)10-12(14)13(4-5-19)21-8-6-20-7-9-21;;/h2-3,10,13,20H,4,6-9H2,1H3;2*1H/t13-;;/m0../s1. The number of nitrogens with zero attached hydrogens (tertiary/aromatic N) is 2. The minimum Gasteiger partial charge on any atom is -0.496 e. The van der Waals surface area contributed by atoms with Crippen molar-refractivity contribution in [3.05, 3.63) is 23.8 Å². The number of hydrogen-bond acceptors (Lipinski definition) is 5. The minimum absolute atomic E-state index is 0. The summed E-state index contributed by atoms with van der Waals surface area (Å²) < 4.78 is 46.6. The zero-order chi connectivity index (χ0) is 16.9. The topological polar surface area (TPSA) is 57.5 Å². The first-order chi connectivity index (χ1) is 10.9. The Bertz CT molecular complexity index is 576. The van der Waals surface area contributed by atoms with E-state index in [9.17, 15) is 13.2 Å². The predicted molar refractivity (Wildman–Crippen MR) is 91.6 cm³/mol. The number of hydrogen-bond donors (Lipinski definition) is 1. The highest BCUT2D eigenvalue weighted by atomic mass is 35.5. The normalized spacial score (nSPS) is 16.0.